The molecule has 7 heteroatoms. The van der Waals surface area contributed by atoms with Crippen molar-refractivity contribution < 1.29 is 4.92 Å². The second kappa shape index (κ2) is 9.13. The smallest absolute Gasteiger partial charge is 0.269 e. The Morgan fingerprint density at radius 2 is 1.64 bits per heavy atom. The predicted molar refractivity (Wildman–Crippen MR) is 130 cm³/mol. The highest BCUT2D eigenvalue weighted by Crippen LogP contribution is 2.29. The first-order valence-electron chi connectivity index (χ1n) is 11.3. The molecule has 0 atom stereocenters. The van der Waals surface area contributed by atoms with Crippen molar-refractivity contribution in [3.05, 3.63) is 88.7 Å². The molecule has 0 bridgehead atoms. The van der Waals surface area contributed by atoms with Gasteiger partial charge in [-0.3, -0.25) is 15.0 Å². The molecule has 0 amide bonds. The Morgan fingerprint density at radius 1 is 0.879 bits per heavy atom. The van der Waals surface area contributed by atoms with Gasteiger partial charge in [0, 0.05) is 43.5 Å². The number of nitro groups is 1. The average molecular weight is 442 g/mol. The molecule has 4 aromatic rings. The molecule has 33 heavy (non-hydrogen) atoms. The first kappa shape index (κ1) is 21.3. The number of pyridine rings is 1. The van der Waals surface area contributed by atoms with Gasteiger partial charge in [0.25, 0.3) is 5.69 Å². The van der Waals surface area contributed by atoms with Crippen LogP contribution in [0.4, 0.5) is 5.69 Å². The van der Waals surface area contributed by atoms with E-state index in [0.29, 0.717) is 0 Å². The van der Waals surface area contributed by atoms with E-state index in [9.17, 15) is 10.1 Å². The van der Waals surface area contributed by atoms with Crippen molar-refractivity contribution in [3.8, 4) is 22.4 Å². The number of hydrogen-bond acceptors (Lipinski definition) is 5. The number of hydrogen-bond donors (Lipinski definition) is 0. The summed E-state index contributed by atoms with van der Waals surface area (Å²) in [6.45, 7) is 4.97. The van der Waals surface area contributed by atoms with Crippen molar-refractivity contribution in [2.75, 3.05) is 33.2 Å². The topological polar surface area (TPSA) is 66.9 Å². The maximum absolute atomic E-state index is 11.1. The molecule has 3 heterocycles. The zero-order chi connectivity index (χ0) is 22.8. The van der Waals surface area contributed by atoms with Crippen molar-refractivity contribution >= 4 is 11.3 Å². The molecule has 0 N–H and O–H groups in total. The number of rotatable bonds is 5. The summed E-state index contributed by atoms with van der Waals surface area (Å²) in [4.78, 5) is 20.6. The summed E-state index contributed by atoms with van der Waals surface area (Å²) >= 11 is 0. The van der Waals surface area contributed by atoms with Gasteiger partial charge >= 0.3 is 0 Å². The third kappa shape index (κ3) is 4.51. The molecule has 5 rings (SSSR count). The Labute approximate surface area is 193 Å². The van der Waals surface area contributed by atoms with E-state index in [1.165, 1.54) is 0 Å². The number of benzene rings is 2. The SMILES string of the molecule is CN1CCCN(Cc2c(-c3ccc([N+](=O)[O-])cc3)nc3ccc(-c4ccccc4)cn23)CC1. The van der Waals surface area contributed by atoms with Crippen LogP contribution in [0.2, 0.25) is 0 Å². The van der Waals surface area contributed by atoms with Gasteiger partial charge in [-0.05, 0) is 62.0 Å². The molecule has 0 saturated carbocycles. The van der Waals surface area contributed by atoms with E-state index in [4.69, 9.17) is 4.98 Å². The minimum absolute atomic E-state index is 0.0889. The summed E-state index contributed by atoms with van der Waals surface area (Å²) in [7, 11) is 2.17. The lowest BCUT2D eigenvalue weighted by Crippen LogP contribution is -2.29. The number of nitro benzene ring substituents is 1. The lowest BCUT2D eigenvalue weighted by Gasteiger charge is -2.20. The van der Waals surface area contributed by atoms with E-state index in [-0.39, 0.29) is 10.6 Å². The first-order chi connectivity index (χ1) is 16.1. The highest BCUT2D eigenvalue weighted by molar-refractivity contribution is 5.70. The van der Waals surface area contributed by atoms with Gasteiger partial charge in [0.1, 0.15) is 5.65 Å². The Balaban J connectivity index is 1.60. The molecule has 1 saturated heterocycles. The van der Waals surface area contributed by atoms with Crippen molar-refractivity contribution in [2.45, 2.75) is 13.0 Å². The molecule has 168 valence electrons. The standard InChI is InChI=1S/C26H27N5O2/c1-28-14-5-15-29(17-16-28)19-24-26(21-8-11-23(12-9-21)31(32)33)27-25-13-10-22(18-30(24)25)20-6-3-2-4-7-20/h2-4,6-13,18H,5,14-17,19H2,1H3. The largest absolute Gasteiger partial charge is 0.305 e. The van der Waals surface area contributed by atoms with Gasteiger partial charge in [0.2, 0.25) is 0 Å². The van der Waals surface area contributed by atoms with Crippen molar-refractivity contribution in [1.82, 2.24) is 19.2 Å². The van der Waals surface area contributed by atoms with Gasteiger partial charge in [-0.2, -0.15) is 0 Å². The van der Waals surface area contributed by atoms with Crippen LogP contribution < -0.4 is 0 Å². The molecule has 0 aliphatic carbocycles. The minimum atomic E-state index is -0.367. The Morgan fingerprint density at radius 3 is 2.39 bits per heavy atom. The quantitative estimate of drug-likeness (QED) is 0.331. The normalized spacial score (nSPS) is 15.5. The fraction of sp³-hybridized carbons (Fsp3) is 0.269. The van der Waals surface area contributed by atoms with E-state index in [2.05, 4.69) is 51.7 Å². The Hall–Kier alpha value is -3.55. The molecular formula is C26H27N5O2. The zero-order valence-corrected chi connectivity index (χ0v) is 18.7. The van der Waals surface area contributed by atoms with Crippen LogP contribution in [-0.2, 0) is 6.54 Å². The predicted octanol–water partition coefficient (Wildman–Crippen LogP) is 4.71. The van der Waals surface area contributed by atoms with Gasteiger partial charge < -0.3 is 9.30 Å². The molecule has 1 aliphatic rings. The molecule has 1 aliphatic heterocycles. The minimum Gasteiger partial charge on any atom is -0.305 e. The van der Waals surface area contributed by atoms with Crippen molar-refractivity contribution in [3.63, 3.8) is 0 Å². The fourth-order valence-electron chi connectivity index (χ4n) is 4.49. The Kier molecular flexibility index (Phi) is 5.90. The summed E-state index contributed by atoms with van der Waals surface area (Å²) in [5.74, 6) is 0. The molecule has 0 unspecified atom stereocenters. The summed E-state index contributed by atoms with van der Waals surface area (Å²) < 4.78 is 2.19. The second-order valence-electron chi connectivity index (χ2n) is 8.66. The van der Waals surface area contributed by atoms with E-state index in [1.807, 2.05) is 18.2 Å². The van der Waals surface area contributed by atoms with Crippen LogP contribution in [0.3, 0.4) is 0 Å². The van der Waals surface area contributed by atoms with Gasteiger partial charge in [0.15, 0.2) is 0 Å². The van der Waals surface area contributed by atoms with Crippen LogP contribution in [0, 0.1) is 10.1 Å². The van der Waals surface area contributed by atoms with Crippen molar-refractivity contribution in [2.24, 2.45) is 0 Å². The lowest BCUT2D eigenvalue weighted by atomic mass is 10.1. The van der Waals surface area contributed by atoms with Crippen LogP contribution in [0.5, 0.6) is 0 Å². The van der Waals surface area contributed by atoms with E-state index in [1.54, 1.807) is 24.3 Å². The molecule has 7 nitrogen and oxygen atoms in total. The number of nitrogens with zero attached hydrogens (tertiary/aromatic N) is 5. The van der Waals surface area contributed by atoms with Gasteiger partial charge in [-0.25, -0.2) is 4.98 Å². The number of imidazole rings is 1. The third-order valence-electron chi connectivity index (χ3n) is 6.36. The molecule has 0 radical (unpaired) electrons. The van der Waals surface area contributed by atoms with Gasteiger partial charge in [-0.1, -0.05) is 30.3 Å². The fourth-order valence-corrected chi connectivity index (χ4v) is 4.49. The average Bonchev–Trinajstić information content (AvgIpc) is 3.06. The number of fused-ring (bicyclic) bond motifs is 1. The molecule has 2 aromatic heterocycles. The lowest BCUT2D eigenvalue weighted by molar-refractivity contribution is -0.384. The monoisotopic (exact) mass is 441 g/mol. The van der Waals surface area contributed by atoms with Crippen LogP contribution in [0.15, 0.2) is 72.9 Å². The van der Waals surface area contributed by atoms with Crippen LogP contribution >= 0.6 is 0 Å². The number of non-ortho nitro benzene ring substituents is 1. The van der Waals surface area contributed by atoms with Gasteiger partial charge in [-0.15, -0.1) is 0 Å². The van der Waals surface area contributed by atoms with Gasteiger partial charge in [0.05, 0.1) is 16.3 Å². The van der Waals surface area contributed by atoms with E-state index < -0.39 is 0 Å². The number of likely N-dealkylation sites (N-methyl/N-ethyl adjacent to an activating group) is 1. The van der Waals surface area contributed by atoms with Crippen LogP contribution in [0.25, 0.3) is 28.0 Å². The molecular weight excluding hydrogens is 414 g/mol. The van der Waals surface area contributed by atoms with Crippen molar-refractivity contribution in [1.29, 1.82) is 0 Å². The molecule has 2 aromatic carbocycles. The Bertz CT molecular complexity index is 1270. The summed E-state index contributed by atoms with van der Waals surface area (Å²) in [5.41, 5.74) is 6.15. The van der Waals surface area contributed by atoms with Crippen LogP contribution in [-0.4, -0.2) is 57.3 Å². The molecule has 1 fully saturated rings. The summed E-state index contributed by atoms with van der Waals surface area (Å²) in [6, 6.07) is 21.2. The zero-order valence-electron chi connectivity index (χ0n) is 18.7. The second-order valence-corrected chi connectivity index (χ2v) is 8.66. The van der Waals surface area contributed by atoms with E-state index >= 15 is 0 Å². The maximum Gasteiger partial charge on any atom is 0.269 e. The summed E-state index contributed by atoms with van der Waals surface area (Å²) in [6.07, 6.45) is 3.29. The maximum atomic E-state index is 11.1. The first-order valence-corrected chi connectivity index (χ1v) is 11.3. The highest BCUT2D eigenvalue weighted by Gasteiger charge is 2.20. The van der Waals surface area contributed by atoms with E-state index in [0.717, 1.165) is 72.9 Å². The number of aromatic nitrogens is 2. The third-order valence-corrected chi connectivity index (χ3v) is 6.36. The highest BCUT2D eigenvalue weighted by atomic mass is 16.6. The molecule has 0 spiro atoms. The summed E-state index contributed by atoms with van der Waals surface area (Å²) in [5, 5.41) is 11.1. The van der Waals surface area contributed by atoms with Crippen LogP contribution in [0.1, 0.15) is 12.1 Å².